The van der Waals surface area contributed by atoms with E-state index >= 15 is 0 Å². The molecule has 1 aromatic heterocycles. The number of anilines is 1. The molecule has 1 aromatic carbocycles. The molecule has 0 bridgehead atoms. The molecule has 0 unspecified atom stereocenters. The highest BCUT2D eigenvalue weighted by atomic mass is 16.5. The van der Waals surface area contributed by atoms with Gasteiger partial charge in [0.1, 0.15) is 6.61 Å². The van der Waals surface area contributed by atoms with Crippen molar-refractivity contribution in [2.75, 3.05) is 12.3 Å². The topological polar surface area (TPSA) is 74.2 Å². The SMILES string of the molecule is CCCOCc1noc(CCc2ccc(N)cc2)n1. The highest BCUT2D eigenvalue weighted by Crippen LogP contribution is 2.09. The van der Waals surface area contributed by atoms with Gasteiger partial charge in [-0.05, 0) is 30.5 Å². The summed E-state index contributed by atoms with van der Waals surface area (Å²) in [7, 11) is 0. The Hall–Kier alpha value is -1.88. The summed E-state index contributed by atoms with van der Waals surface area (Å²) in [6.45, 7) is 3.20. The molecule has 1 heterocycles. The Morgan fingerprint density at radius 2 is 2.00 bits per heavy atom. The van der Waals surface area contributed by atoms with E-state index in [-0.39, 0.29) is 0 Å². The van der Waals surface area contributed by atoms with E-state index in [4.69, 9.17) is 15.0 Å². The van der Waals surface area contributed by atoms with Crippen molar-refractivity contribution in [3.8, 4) is 0 Å². The summed E-state index contributed by atoms with van der Waals surface area (Å²) < 4.78 is 10.5. The minimum Gasteiger partial charge on any atom is -0.399 e. The number of benzene rings is 1. The van der Waals surface area contributed by atoms with Crippen molar-refractivity contribution in [2.24, 2.45) is 0 Å². The van der Waals surface area contributed by atoms with Crippen LogP contribution in [0.15, 0.2) is 28.8 Å². The highest BCUT2D eigenvalue weighted by Gasteiger charge is 2.06. The molecule has 0 aliphatic heterocycles. The van der Waals surface area contributed by atoms with Crippen LogP contribution in [0, 0.1) is 0 Å². The van der Waals surface area contributed by atoms with Crippen molar-refractivity contribution in [1.82, 2.24) is 10.1 Å². The number of nitrogens with zero attached hydrogens (tertiary/aromatic N) is 2. The lowest BCUT2D eigenvalue weighted by Crippen LogP contribution is -1.97. The predicted molar refractivity (Wildman–Crippen MR) is 72.5 cm³/mol. The molecule has 2 N–H and O–H groups in total. The minimum absolute atomic E-state index is 0.416. The van der Waals surface area contributed by atoms with E-state index in [1.165, 1.54) is 5.56 Å². The van der Waals surface area contributed by atoms with Crippen LogP contribution in [-0.4, -0.2) is 16.7 Å². The molecule has 0 saturated heterocycles. The van der Waals surface area contributed by atoms with E-state index in [0.717, 1.165) is 31.6 Å². The molecule has 0 spiro atoms. The number of rotatable bonds is 7. The lowest BCUT2D eigenvalue weighted by Gasteiger charge is -1.98. The van der Waals surface area contributed by atoms with Gasteiger partial charge in [0.25, 0.3) is 0 Å². The number of aryl methyl sites for hydroxylation is 2. The molecule has 19 heavy (non-hydrogen) atoms. The van der Waals surface area contributed by atoms with Crippen molar-refractivity contribution < 1.29 is 9.26 Å². The summed E-state index contributed by atoms with van der Waals surface area (Å²) in [5, 5.41) is 3.88. The first kappa shape index (κ1) is 13.5. The monoisotopic (exact) mass is 261 g/mol. The van der Waals surface area contributed by atoms with Crippen molar-refractivity contribution in [3.05, 3.63) is 41.5 Å². The van der Waals surface area contributed by atoms with Crippen LogP contribution in [0.2, 0.25) is 0 Å². The molecule has 2 aromatic rings. The van der Waals surface area contributed by atoms with Gasteiger partial charge >= 0.3 is 0 Å². The number of nitrogen functional groups attached to an aromatic ring is 1. The van der Waals surface area contributed by atoms with Crippen molar-refractivity contribution in [3.63, 3.8) is 0 Å². The zero-order valence-corrected chi connectivity index (χ0v) is 11.1. The fourth-order valence-electron chi connectivity index (χ4n) is 1.69. The number of aromatic nitrogens is 2. The van der Waals surface area contributed by atoms with Gasteiger partial charge in [-0.1, -0.05) is 24.2 Å². The molecule has 102 valence electrons. The molecule has 2 rings (SSSR count). The summed E-state index contributed by atoms with van der Waals surface area (Å²) in [5.74, 6) is 1.26. The molecular weight excluding hydrogens is 242 g/mol. The Labute approximate surface area is 112 Å². The van der Waals surface area contributed by atoms with Gasteiger partial charge in [0.2, 0.25) is 5.89 Å². The molecular formula is C14H19N3O2. The first-order chi connectivity index (χ1) is 9.28. The standard InChI is InChI=1S/C14H19N3O2/c1-2-9-18-10-13-16-14(19-17-13)8-5-11-3-6-12(15)7-4-11/h3-4,6-7H,2,5,8-10,15H2,1H3. The maximum absolute atomic E-state index is 5.64. The largest absolute Gasteiger partial charge is 0.399 e. The maximum Gasteiger partial charge on any atom is 0.227 e. The highest BCUT2D eigenvalue weighted by molar-refractivity contribution is 5.39. The van der Waals surface area contributed by atoms with E-state index in [2.05, 4.69) is 17.1 Å². The van der Waals surface area contributed by atoms with E-state index in [1.807, 2.05) is 24.3 Å². The molecule has 5 nitrogen and oxygen atoms in total. The van der Waals surface area contributed by atoms with Crippen LogP contribution >= 0.6 is 0 Å². The summed E-state index contributed by atoms with van der Waals surface area (Å²) in [6.07, 6.45) is 2.57. The first-order valence-corrected chi connectivity index (χ1v) is 6.51. The Kier molecular flexibility index (Phi) is 4.92. The van der Waals surface area contributed by atoms with Gasteiger partial charge < -0.3 is 15.0 Å². The molecule has 0 aliphatic carbocycles. The Bertz CT molecular complexity index is 494. The second-order valence-electron chi connectivity index (χ2n) is 4.40. The lowest BCUT2D eigenvalue weighted by molar-refractivity contribution is 0.114. The third kappa shape index (κ3) is 4.37. The van der Waals surface area contributed by atoms with E-state index in [0.29, 0.717) is 18.3 Å². The van der Waals surface area contributed by atoms with Crippen molar-refractivity contribution in [1.29, 1.82) is 0 Å². The molecule has 0 saturated carbocycles. The van der Waals surface area contributed by atoms with Gasteiger partial charge in [0.15, 0.2) is 5.82 Å². The maximum atomic E-state index is 5.64. The van der Waals surface area contributed by atoms with Gasteiger partial charge in [-0.15, -0.1) is 0 Å². The van der Waals surface area contributed by atoms with Crippen LogP contribution in [0.5, 0.6) is 0 Å². The molecule has 0 aliphatic rings. The number of hydrogen-bond acceptors (Lipinski definition) is 5. The number of ether oxygens (including phenoxy) is 1. The molecule has 0 fully saturated rings. The Morgan fingerprint density at radius 1 is 1.21 bits per heavy atom. The van der Waals surface area contributed by atoms with E-state index < -0.39 is 0 Å². The average molecular weight is 261 g/mol. The van der Waals surface area contributed by atoms with E-state index in [1.54, 1.807) is 0 Å². The fraction of sp³-hybridized carbons (Fsp3) is 0.429. The number of hydrogen-bond donors (Lipinski definition) is 1. The van der Waals surface area contributed by atoms with Crippen LogP contribution in [0.1, 0.15) is 30.6 Å². The zero-order valence-electron chi connectivity index (χ0n) is 11.1. The average Bonchev–Trinajstić information content (AvgIpc) is 2.86. The summed E-state index contributed by atoms with van der Waals surface area (Å²) in [4.78, 5) is 4.29. The second kappa shape index (κ2) is 6.89. The zero-order chi connectivity index (χ0) is 13.5. The Balaban J connectivity index is 1.81. The summed E-state index contributed by atoms with van der Waals surface area (Å²) in [5.41, 5.74) is 7.62. The van der Waals surface area contributed by atoms with Crippen LogP contribution in [0.25, 0.3) is 0 Å². The fourth-order valence-corrected chi connectivity index (χ4v) is 1.69. The predicted octanol–water partition coefficient (Wildman–Crippen LogP) is 2.36. The molecule has 5 heteroatoms. The van der Waals surface area contributed by atoms with Gasteiger partial charge in [0.05, 0.1) is 0 Å². The van der Waals surface area contributed by atoms with Crippen molar-refractivity contribution in [2.45, 2.75) is 32.8 Å². The third-order valence-electron chi connectivity index (χ3n) is 2.70. The normalized spacial score (nSPS) is 10.8. The van der Waals surface area contributed by atoms with Crippen molar-refractivity contribution >= 4 is 5.69 Å². The van der Waals surface area contributed by atoms with Crippen LogP contribution in [-0.2, 0) is 24.2 Å². The quantitative estimate of drug-likeness (QED) is 0.611. The summed E-state index contributed by atoms with van der Waals surface area (Å²) in [6, 6.07) is 7.81. The summed E-state index contributed by atoms with van der Waals surface area (Å²) >= 11 is 0. The number of nitrogens with two attached hydrogens (primary N) is 1. The van der Waals surface area contributed by atoms with Crippen LogP contribution in [0.3, 0.4) is 0 Å². The van der Waals surface area contributed by atoms with Gasteiger partial charge in [-0.2, -0.15) is 4.98 Å². The Morgan fingerprint density at radius 3 is 2.74 bits per heavy atom. The molecule has 0 radical (unpaired) electrons. The smallest absolute Gasteiger partial charge is 0.227 e. The first-order valence-electron chi connectivity index (χ1n) is 6.51. The molecule has 0 amide bonds. The second-order valence-corrected chi connectivity index (χ2v) is 4.40. The van der Waals surface area contributed by atoms with Crippen LogP contribution in [0.4, 0.5) is 5.69 Å². The van der Waals surface area contributed by atoms with E-state index in [9.17, 15) is 0 Å². The van der Waals surface area contributed by atoms with Crippen LogP contribution < -0.4 is 5.73 Å². The minimum atomic E-state index is 0.416. The molecule has 0 atom stereocenters. The third-order valence-corrected chi connectivity index (χ3v) is 2.70. The lowest BCUT2D eigenvalue weighted by atomic mass is 10.1. The van der Waals surface area contributed by atoms with Gasteiger partial charge in [0, 0.05) is 18.7 Å². The van der Waals surface area contributed by atoms with Gasteiger partial charge in [-0.25, -0.2) is 0 Å². The van der Waals surface area contributed by atoms with Gasteiger partial charge in [-0.3, -0.25) is 0 Å².